The lowest BCUT2D eigenvalue weighted by Gasteiger charge is -2.01. The number of aromatic amines is 2. The number of aromatic nitrogens is 8. The smallest absolute Gasteiger partial charge is 0.135 e. The predicted octanol–water partition coefficient (Wildman–Crippen LogP) is 3.96. The minimum atomic E-state index is 0.771. The lowest BCUT2D eigenvalue weighted by molar-refractivity contribution is 0.768. The van der Waals surface area contributed by atoms with Gasteiger partial charge in [-0.3, -0.25) is 19.7 Å². The molecule has 6 heterocycles. The van der Waals surface area contributed by atoms with Crippen LogP contribution in [0.25, 0.3) is 55.8 Å². The van der Waals surface area contributed by atoms with E-state index < -0.39 is 0 Å². The first kappa shape index (κ1) is 16.6. The van der Waals surface area contributed by atoms with Crippen LogP contribution in [0.4, 0.5) is 0 Å². The standard InChI is InChI=1S/C22H16N8/c1-30-12-14(11-25-30)16-2-3-18-21(27-16)22(29-28-18)19-10-15-17(26-19)6-9-24-20(15)13-4-7-23-8-5-13/h2-12,26H,1H3,(H,28,29). The average molecular weight is 392 g/mol. The second-order valence-corrected chi connectivity index (χ2v) is 7.11. The molecule has 0 saturated carbocycles. The van der Waals surface area contributed by atoms with Crippen molar-refractivity contribution in [2.45, 2.75) is 0 Å². The third kappa shape index (κ3) is 2.58. The number of aryl methyl sites for hydroxylation is 1. The van der Waals surface area contributed by atoms with Crippen LogP contribution >= 0.6 is 0 Å². The Morgan fingerprint density at radius 3 is 2.63 bits per heavy atom. The van der Waals surface area contributed by atoms with Crippen LogP contribution < -0.4 is 0 Å². The molecule has 0 saturated heterocycles. The average Bonchev–Trinajstić information content (AvgIpc) is 3.50. The van der Waals surface area contributed by atoms with Gasteiger partial charge < -0.3 is 4.98 Å². The van der Waals surface area contributed by atoms with Gasteiger partial charge in [-0.1, -0.05) is 0 Å². The van der Waals surface area contributed by atoms with Gasteiger partial charge in [-0.25, -0.2) is 4.98 Å². The molecule has 0 aliphatic rings. The molecule has 0 radical (unpaired) electrons. The second kappa shape index (κ2) is 6.35. The Balaban J connectivity index is 1.52. The molecule has 6 aromatic rings. The van der Waals surface area contributed by atoms with Crippen LogP contribution in [-0.4, -0.2) is 39.9 Å². The normalized spacial score (nSPS) is 11.5. The zero-order chi connectivity index (χ0) is 20.1. The molecule has 0 amide bonds. The van der Waals surface area contributed by atoms with E-state index >= 15 is 0 Å². The fourth-order valence-corrected chi connectivity index (χ4v) is 3.72. The van der Waals surface area contributed by atoms with Crippen molar-refractivity contribution in [2.24, 2.45) is 7.05 Å². The van der Waals surface area contributed by atoms with Gasteiger partial charge in [0.1, 0.15) is 11.2 Å². The van der Waals surface area contributed by atoms with E-state index in [9.17, 15) is 0 Å². The third-order valence-corrected chi connectivity index (χ3v) is 5.17. The lowest BCUT2D eigenvalue weighted by Crippen LogP contribution is -1.86. The zero-order valence-electron chi connectivity index (χ0n) is 16.0. The molecule has 0 aromatic carbocycles. The van der Waals surface area contributed by atoms with Gasteiger partial charge in [-0.2, -0.15) is 10.2 Å². The van der Waals surface area contributed by atoms with Crippen LogP contribution in [0.15, 0.2) is 67.4 Å². The maximum atomic E-state index is 4.85. The van der Waals surface area contributed by atoms with Crippen molar-refractivity contribution >= 4 is 21.9 Å². The SMILES string of the molecule is Cn1cc(-c2ccc3[nH]nc(-c4cc5c(-c6ccncc6)nccc5[nH]4)c3n2)cn1. The first-order valence-electron chi connectivity index (χ1n) is 9.49. The van der Waals surface area contributed by atoms with Gasteiger partial charge in [0.2, 0.25) is 0 Å². The van der Waals surface area contributed by atoms with E-state index in [1.54, 1.807) is 23.3 Å². The van der Waals surface area contributed by atoms with Crippen LogP contribution in [0.3, 0.4) is 0 Å². The van der Waals surface area contributed by atoms with Crippen molar-refractivity contribution in [2.75, 3.05) is 0 Å². The van der Waals surface area contributed by atoms with Crippen molar-refractivity contribution in [3.63, 3.8) is 0 Å². The van der Waals surface area contributed by atoms with Crippen molar-refractivity contribution in [1.82, 2.24) is 39.9 Å². The highest BCUT2D eigenvalue weighted by Gasteiger charge is 2.16. The summed E-state index contributed by atoms with van der Waals surface area (Å²) in [6, 6.07) is 11.9. The van der Waals surface area contributed by atoms with E-state index in [0.29, 0.717) is 0 Å². The highest BCUT2D eigenvalue weighted by atomic mass is 15.2. The second-order valence-electron chi connectivity index (χ2n) is 7.11. The first-order chi connectivity index (χ1) is 14.8. The summed E-state index contributed by atoms with van der Waals surface area (Å²) in [6.07, 6.45) is 9.11. The summed E-state index contributed by atoms with van der Waals surface area (Å²) in [5.41, 5.74) is 8.08. The number of nitrogens with zero attached hydrogens (tertiary/aromatic N) is 6. The van der Waals surface area contributed by atoms with E-state index in [4.69, 9.17) is 4.98 Å². The molecule has 0 spiro atoms. The molecule has 6 rings (SSSR count). The number of H-pyrrole nitrogens is 2. The molecule has 6 aromatic heterocycles. The topological polar surface area (TPSA) is 101 Å². The Hall–Kier alpha value is -4.33. The predicted molar refractivity (Wildman–Crippen MR) is 114 cm³/mol. The number of hydrogen-bond acceptors (Lipinski definition) is 5. The summed E-state index contributed by atoms with van der Waals surface area (Å²) in [6.45, 7) is 0. The van der Waals surface area contributed by atoms with Gasteiger partial charge in [-0.05, 0) is 36.4 Å². The van der Waals surface area contributed by atoms with Crippen molar-refractivity contribution in [3.8, 4) is 33.9 Å². The minimum absolute atomic E-state index is 0.771. The monoisotopic (exact) mass is 392 g/mol. The van der Waals surface area contributed by atoms with Crippen LogP contribution in [0.2, 0.25) is 0 Å². The molecular formula is C22H16N8. The van der Waals surface area contributed by atoms with Crippen molar-refractivity contribution in [1.29, 1.82) is 0 Å². The molecule has 0 aliphatic carbocycles. The van der Waals surface area contributed by atoms with Crippen LogP contribution in [0.5, 0.6) is 0 Å². The fourth-order valence-electron chi connectivity index (χ4n) is 3.72. The van der Waals surface area contributed by atoms with E-state index in [0.717, 1.165) is 55.8 Å². The van der Waals surface area contributed by atoms with Crippen molar-refractivity contribution in [3.05, 3.63) is 67.4 Å². The number of fused-ring (bicyclic) bond motifs is 2. The molecule has 0 bridgehead atoms. The van der Waals surface area contributed by atoms with Gasteiger partial charge in [0.25, 0.3) is 0 Å². The Morgan fingerprint density at radius 1 is 0.900 bits per heavy atom. The van der Waals surface area contributed by atoms with Gasteiger partial charge >= 0.3 is 0 Å². The largest absolute Gasteiger partial charge is 0.353 e. The molecule has 8 nitrogen and oxygen atoms in total. The number of hydrogen-bond donors (Lipinski definition) is 2. The fraction of sp³-hybridized carbons (Fsp3) is 0.0455. The van der Waals surface area contributed by atoms with Gasteiger partial charge in [0, 0.05) is 53.9 Å². The Morgan fingerprint density at radius 2 is 1.80 bits per heavy atom. The number of nitrogens with one attached hydrogen (secondary N) is 2. The van der Waals surface area contributed by atoms with Crippen molar-refractivity contribution < 1.29 is 0 Å². The van der Waals surface area contributed by atoms with E-state index in [2.05, 4.69) is 36.3 Å². The molecule has 0 fully saturated rings. The summed E-state index contributed by atoms with van der Waals surface area (Å²) in [4.78, 5) is 17.0. The van der Waals surface area contributed by atoms with Crippen LogP contribution in [0.1, 0.15) is 0 Å². The first-order valence-corrected chi connectivity index (χ1v) is 9.49. The highest BCUT2D eigenvalue weighted by Crippen LogP contribution is 2.32. The maximum absolute atomic E-state index is 4.85. The molecule has 0 unspecified atom stereocenters. The van der Waals surface area contributed by atoms with Gasteiger partial charge in [-0.15, -0.1) is 0 Å². The lowest BCUT2D eigenvalue weighted by atomic mass is 10.1. The third-order valence-electron chi connectivity index (χ3n) is 5.17. The van der Waals surface area contributed by atoms with Gasteiger partial charge in [0.05, 0.1) is 28.8 Å². The van der Waals surface area contributed by atoms with Gasteiger partial charge in [0.15, 0.2) is 0 Å². The molecule has 30 heavy (non-hydrogen) atoms. The molecule has 144 valence electrons. The minimum Gasteiger partial charge on any atom is -0.353 e. The maximum Gasteiger partial charge on any atom is 0.135 e. The number of rotatable bonds is 3. The summed E-state index contributed by atoms with van der Waals surface area (Å²) >= 11 is 0. The summed E-state index contributed by atoms with van der Waals surface area (Å²) in [5.74, 6) is 0. The Kier molecular flexibility index (Phi) is 3.51. The quantitative estimate of drug-likeness (QED) is 0.475. The Bertz CT molecular complexity index is 1510. The van der Waals surface area contributed by atoms with E-state index in [-0.39, 0.29) is 0 Å². The summed E-state index contributed by atoms with van der Waals surface area (Å²) in [5, 5.41) is 12.9. The molecule has 8 heteroatoms. The summed E-state index contributed by atoms with van der Waals surface area (Å²) < 4.78 is 1.77. The van der Waals surface area contributed by atoms with E-state index in [1.165, 1.54) is 0 Å². The molecule has 0 aliphatic heterocycles. The van der Waals surface area contributed by atoms with Crippen LogP contribution in [-0.2, 0) is 7.05 Å². The zero-order valence-corrected chi connectivity index (χ0v) is 16.0. The number of pyridine rings is 3. The molecule has 2 N–H and O–H groups in total. The van der Waals surface area contributed by atoms with Crippen LogP contribution in [0, 0.1) is 0 Å². The highest BCUT2D eigenvalue weighted by molar-refractivity contribution is 5.99. The van der Waals surface area contributed by atoms with E-state index in [1.807, 2.05) is 49.8 Å². The summed E-state index contributed by atoms with van der Waals surface area (Å²) in [7, 11) is 1.89. The molecule has 0 atom stereocenters. The molecular weight excluding hydrogens is 376 g/mol. The Labute approximate surface area is 170 Å².